The van der Waals surface area contributed by atoms with E-state index in [9.17, 15) is 0 Å². The van der Waals surface area contributed by atoms with Crippen LogP contribution in [0.4, 0.5) is 0 Å². The van der Waals surface area contributed by atoms with Crippen molar-refractivity contribution in [1.82, 2.24) is 14.9 Å². The Morgan fingerprint density at radius 3 is 2.81 bits per heavy atom. The van der Waals surface area contributed by atoms with Crippen molar-refractivity contribution in [3.8, 4) is 17.1 Å². The molecule has 3 heterocycles. The number of hydrogen-bond acceptors (Lipinski definition) is 4. The third-order valence-electron chi connectivity index (χ3n) is 5.75. The van der Waals surface area contributed by atoms with E-state index in [1.807, 2.05) is 24.4 Å². The van der Waals surface area contributed by atoms with E-state index in [2.05, 4.69) is 47.1 Å². The van der Waals surface area contributed by atoms with E-state index in [1.165, 1.54) is 22.4 Å². The molecule has 0 bridgehead atoms. The zero-order valence-electron chi connectivity index (χ0n) is 15.6. The van der Waals surface area contributed by atoms with Crippen LogP contribution in [0.25, 0.3) is 11.4 Å². The average Bonchev–Trinajstić information content (AvgIpc) is 3.21. The smallest absolute Gasteiger partial charge is 0.159 e. The maximum Gasteiger partial charge on any atom is 0.159 e. The molecule has 136 valence electrons. The van der Waals surface area contributed by atoms with Crippen LogP contribution in [0.5, 0.6) is 5.75 Å². The van der Waals surface area contributed by atoms with E-state index < -0.39 is 0 Å². The number of aromatic nitrogens is 2. The summed E-state index contributed by atoms with van der Waals surface area (Å²) >= 11 is 0. The van der Waals surface area contributed by atoms with Crippen LogP contribution in [0.15, 0.2) is 54.7 Å². The summed E-state index contributed by atoms with van der Waals surface area (Å²) in [6.45, 7) is 4.99. The van der Waals surface area contributed by atoms with Gasteiger partial charge in [0, 0.05) is 49.3 Å². The third kappa shape index (κ3) is 3.10. The molecule has 0 spiro atoms. The van der Waals surface area contributed by atoms with E-state index in [4.69, 9.17) is 9.72 Å². The fourth-order valence-electron chi connectivity index (χ4n) is 4.05. The second kappa shape index (κ2) is 6.78. The highest BCUT2D eigenvalue weighted by Crippen LogP contribution is 2.32. The third-order valence-corrected chi connectivity index (χ3v) is 5.75. The molecule has 1 aromatic heterocycles. The lowest BCUT2D eigenvalue weighted by molar-refractivity contribution is 0.190. The van der Waals surface area contributed by atoms with E-state index in [-0.39, 0.29) is 0 Å². The molecule has 4 heteroatoms. The summed E-state index contributed by atoms with van der Waals surface area (Å²) in [5.74, 6) is 1.89. The van der Waals surface area contributed by atoms with Gasteiger partial charge < -0.3 is 4.74 Å². The van der Waals surface area contributed by atoms with Crippen LogP contribution in [0.3, 0.4) is 0 Å². The molecule has 5 rings (SSSR count). The Labute approximate surface area is 159 Å². The first kappa shape index (κ1) is 16.5. The van der Waals surface area contributed by atoms with Crippen molar-refractivity contribution in [2.45, 2.75) is 32.4 Å². The average molecular weight is 357 g/mol. The fourth-order valence-corrected chi connectivity index (χ4v) is 4.05. The predicted molar refractivity (Wildman–Crippen MR) is 106 cm³/mol. The molecule has 0 amide bonds. The zero-order chi connectivity index (χ0) is 18.2. The lowest BCUT2D eigenvalue weighted by Gasteiger charge is -2.33. The quantitative estimate of drug-likeness (QED) is 0.704. The monoisotopic (exact) mass is 357 g/mol. The van der Waals surface area contributed by atoms with Gasteiger partial charge in [-0.1, -0.05) is 42.5 Å². The lowest BCUT2D eigenvalue weighted by Crippen LogP contribution is -2.33. The van der Waals surface area contributed by atoms with Gasteiger partial charge in [-0.15, -0.1) is 0 Å². The first-order valence-electron chi connectivity index (χ1n) is 9.68. The minimum Gasteiger partial charge on any atom is -0.493 e. The lowest BCUT2D eigenvalue weighted by atomic mass is 9.99. The second-order valence-electron chi connectivity index (χ2n) is 7.39. The van der Waals surface area contributed by atoms with E-state index in [1.54, 1.807) is 0 Å². The molecule has 0 saturated carbocycles. The van der Waals surface area contributed by atoms with Crippen molar-refractivity contribution >= 4 is 0 Å². The van der Waals surface area contributed by atoms with Crippen LogP contribution in [-0.2, 0) is 19.4 Å². The van der Waals surface area contributed by atoms with E-state index in [0.717, 1.165) is 49.7 Å². The Bertz CT molecular complexity index is 971. The molecule has 0 aliphatic carbocycles. The molecular formula is C23H23N3O. The number of hydrogen-bond donors (Lipinski definition) is 0. The van der Waals surface area contributed by atoms with Crippen molar-refractivity contribution in [1.29, 1.82) is 0 Å². The van der Waals surface area contributed by atoms with Crippen LogP contribution in [-0.4, -0.2) is 28.0 Å². The van der Waals surface area contributed by atoms with Gasteiger partial charge in [-0.25, -0.2) is 9.97 Å². The fraction of sp³-hybridized carbons (Fsp3) is 0.304. The Kier molecular flexibility index (Phi) is 4.13. The Morgan fingerprint density at radius 1 is 1.04 bits per heavy atom. The Balaban J connectivity index is 1.36. The summed E-state index contributed by atoms with van der Waals surface area (Å²) in [6, 6.07) is 17.3. The Hall–Kier alpha value is -2.72. The van der Waals surface area contributed by atoms with Crippen molar-refractivity contribution in [2.24, 2.45) is 0 Å². The number of ether oxygens (including phenoxy) is 1. The second-order valence-corrected chi connectivity index (χ2v) is 7.39. The SMILES string of the molecule is CC(c1ccc2c(c1)OCC2)N1CCc2nc(-c3ccccc3)ncc2C1. The minimum absolute atomic E-state index is 0.349. The van der Waals surface area contributed by atoms with Gasteiger partial charge in [-0.05, 0) is 24.1 Å². The Morgan fingerprint density at radius 2 is 1.93 bits per heavy atom. The summed E-state index contributed by atoms with van der Waals surface area (Å²) in [7, 11) is 0. The highest BCUT2D eigenvalue weighted by atomic mass is 16.5. The molecule has 4 nitrogen and oxygen atoms in total. The van der Waals surface area contributed by atoms with Gasteiger partial charge in [-0.2, -0.15) is 0 Å². The summed E-state index contributed by atoms with van der Waals surface area (Å²) < 4.78 is 5.75. The molecular weight excluding hydrogens is 334 g/mol. The summed E-state index contributed by atoms with van der Waals surface area (Å²) in [5.41, 5.74) is 6.15. The van der Waals surface area contributed by atoms with Crippen LogP contribution >= 0.6 is 0 Å². The predicted octanol–water partition coefficient (Wildman–Crippen LogP) is 4.20. The topological polar surface area (TPSA) is 38.2 Å². The van der Waals surface area contributed by atoms with Crippen molar-refractivity contribution < 1.29 is 4.74 Å². The zero-order valence-corrected chi connectivity index (χ0v) is 15.6. The highest BCUT2D eigenvalue weighted by Gasteiger charge is 2.24. The highest BCUT2D eigenvalue weighted by molar-refractivity contribution is 5.54. The van der Waals surface area contributed by atoms with Gasteiger partial charge in [0.15, 0.2) is 5.82 Å². The maximum absolute atomic E-state index is 5.75. The van der Waals surface area contributed by atoms with Crippen molar-refractivity contribution in [3.63, 3.8) is 0 Å². The standard InChI is InChI=1S/C23H23N3O/c1-16(19-8-7-17-10-12-27-22(17)13-19)26-11-9-21-20(15-26)14-24-23(25-21)18-5-3-2-4-6-18/h2-8,13-14,16H,9-12,15H2,1H3. The maximum atomic E-state index is 5.75. The summed E-state index contributed by atoms with van der Waals surface area (Å²) in [6.07, 6.45) is 4.00. The van der Waals surface area contributed by atoms with Gasteiger partial charge in [0.1, 0.15) is 5.75 Å². The summed E-state index contributed by atoms with van der Waals surface area (Å²) in [5, 5.41) is 0. The van der Waals surface area contributed by atoms with Crippen molar-refractivity contribution in [2.75, 3.05) is 13.2 Å². The molecule has 0 radical (unpaired) electrons. The number of fused-ring (bicyclic) bond motifs is 2. The molecule has 1 atom stereocenters. The van der Waals surface area contributed by atoms with Crippen LogP contribution in [0, 0.1) is 0 Å². The number of rotatable bonds is 3. The molecule has 27 heavy (non-hydrogen) atoms. The van der Waals surface area contributed by atoms with Crippen LogP contribution in [0.2, 0.25) is 0 Å². The summed E-state index contributed by atoms with van der Waals surface area (Å²) in [4.78, 5) is 12.0. The van der Waals surface area contributed by atoms with Gasteiger partial charge in [0.2, 0.25) is 0 Å². The van der Waals surface area contributed by atoms with Crippen LogP contribution < -0.4 is 4.74 Å². The molecule has 2 aliphatic rings. The molecule has 0 fully saturated rings. The first-order chi connectivity index (χ1) is 13.3. The van der Waals surface area contributed by atoms with Gasteiger partial charge >= 0.3 is 0 Å². The molecule has 0 N–H and O–H groups in total. The van der Waals surface area contributed by atoms with E-state index in [0.29, 0.717) is 6.04 Å². The molecule has 2 aliphatic heterocycles. The van der Waals surface area contributed by atoms with Gasteiger partial charge in [-0.3, -0.25) is 4.90 Å². The number of nitrogens with zero attached hydrogens (tertiary/aromatic N) is 3. The molecule has 0 saturated heterocycles. The molecule has 3 aromatic rings. The van der Waals surface area contributed by atoms with Crippen LogP contribution in [0.1, 0.15) is 35.3 Å². The molecule has 2 aromatic carbocycles. The normalized spacial score (nSPS) is 17.1. The van der Waals surface area contributed by atoms with Crippen molar-refractivity contribution in [3.05, 3.63) is 77.1 Å². The van der Waals surface area contributed by atoms with Gasteiger partial charge in [0.25, 0.3) is 0 Å². The molecule has 1 unspecified atom stereocenters. The van der Waals surface area contributed by atoms with E-state index >= 15 is 0 Å². The van der Waals surface area contributed by atoms with Gasteiger partial charge in [0.05, 0.1) is 12.3 Å². The number of benzene rings is 2. The largest absolute Gasteiger partial charge is 0.493 e. The minimum atomic E-state index is 0.349. The first-order valence-corrected chi connectivity index (χ1v) is 9.68.